The number of anilines is 1. The molecule has 1 heterocycles. The van der Waals surface area contributed by atoms with Gasteiger partial charge in [0.25, 0.3) is 5.91 Å². The molecule has 0 aromatic heterocycles. The second-order valence-electron chi connectivity index (χ2n) is 6.29. The van der Waals surface area contributed by atoms with Crippen molar-refractivity contribution in [2.45, 2.75) is 12.7 Å². The van der Waals surface area contributed by atoms with Crippen LogP contribution in [0.15, 0.2) is 83.9 Å². The smallest absolute Gasteiger partial charge is 0.264 e. The minimum absolute atomic E-state index is 0.194. The maximum Gasteiger partial charge on any atom is 0.264 e. The van der Waals surface area contributed by atoms with Crippen LogP contribution in [0, 0.1) is 0 Å². The first kappa shape index (κ1) is 17.5. The van der Waals surface area contributed by atoms with Gasteiger partial charge in [0, 0.05) is 22.7 Å². The van der Waals surface area contributed by atoms with Crippen molar-refractivity contribution in [1.82, 2.24) is 5.32 Å². The van der Waals surface area contributed by atoms with E-state index in [1.165, 1.54) is 0 Å². The first-order valence-electron chi connectivity index (χ1n) is 8.72. The average Bonchev–Trinajstić information content (AvgIpc) is 2.84. The SMILES string of the molecule is O=C1Nc2ccc(Cl)cc2C(c2ccccc2)=NC1NCc1ccccc1. The van der Waals surface area contributed by atoms with E-state index in [1.54, 1.807) is 6.07 Å². The molecule has 0 fully saturated rings. The van der Waals surface area contributed by atoms with E-state index >= 15 is 0 Å². The van der Waals surface area contributed by atoms with Gasteiger partial charge in [-0.25, -0.2) is 0 Å². The number of hydrogen-bond acceptors (Lipinski definition) is 3. The lowest BCUT2D eigenvalue weighted by atomic mass is 10.0. The molecule has 4 nitrogen and oxygen atoms in total. The number of halogens is 1. The quantitative estimate of drug-likeness (QED) is 0.716. The molecule has 0 bridgehead atoms. The van der Waals surface area contributed by atoms with Crippen LogP contribution in [0.4, 0.5) is 5.69 Å². The molecule has 2 N–H and O–H groups in total. The van der Waals surface area contributed by atoms with E-state index in [4.69, 9.17) is 16.6 Å². The number of nitrogens with one attached hydrogen (secondary N) is 2. The molecule has 134 valence electrons. The molecule has 0 saturated carbocycles. The van der Waals surface area contributed by atoms with E-state index in [-0.39, 0.29) is 5.91 Å². The highest BCUT2D eigenvalue weighted by Crippen LogP contribution is 2.27. The Balaban J connectivity index is 1.73. The van der Waals surface area contributed by atoms with Gasteiger partial charge in [-0.15, -0.1) is 0 Å². The predicted molar refractivity (Wildman–Crippen MR) is 109 cm³/mol. The Morgan fingerprint density at radius 3 is 2.41 bits per heavy atom. The van der Waals surface area contributed by atoms with Crippen LogP contribution in [0.2, 0.25) is 5.02 Å². The minimum Gasteiger partial charge on any atom is -0.322 e. The molecule has 3 aromatic rings. The molecule has 4 rings (SSSR count). The van der Waals surface area contributed by atoms with Crippen LogP contribution in [0.25, 0.3) is 0 Å². The zero-order valence-corrected chi connectivity index (χ0v) is 15.3. The number of fused-ring (bicyclic) bond motifs is 1. The molecule has 1 aliphatic rings. The molecular formula is C22H18ClN3O. The van der Waals surface area contributed by atoms with Crippen molar-refractivity contribution in [3.05, 3.63) is 101 Å². The lowest BCUT2D eigenvalue weighted by Crippen LogP contribution is -2.38. The second kappa shape index (κ2) is 7.74. The molecule has 0 spiro atoms. The first-order chi connectivity index (χ1) is 13.2. The maximum atomic E-state index is 12.7. The molecule has 0 radical (unpaired) electrons. The van der Waals surface area contributed by atoms with E-state index in [1.807, 2.05) is 72.8 Å². The summed E-state index contributed by atoms with van der Waals surface area (Å²) in [5.41, 5.74) is 4.27. The van der Waals surface area contributed by atoms with Gasteiger partial charge in [-0.2, -0.15) is 0 Å². The van der Waals surface area contributed by atoms with Crippen molar-refractivity contribution < 1.29 is 4.79 Å². The van der Waals surface area contributed by atoms with Gasteiger partial charge in [0.2, 0.25) is 0 Å². The van der Waals surface area contributed by atoms with Gasteiger partial charge < -0.3 is 5.32 Å². The average molecular weight is 376 g/mol. The molecule has 1 unspecified atom stereocenters. The fraction of sp³-hybridized carbons (Fsp3) is 0.0909. The summed E-state index contributed by atoms with van der Waals surface area (Å²) in [6.45, 7) is 0.543. The van der Waals surface area contributed by atoms with Gasteiger partial charge in [0.05, 0.1) is 11.4 Å². The third kappa shape index (κ3) is 3.92. The summed E-state index contributed by atoms with van der Waals surface area (Å²) >= 11 is 6.21. The van der Waals surface area contributed by atoms with Crippen LogP contribution >= 0.6 is 11.6 Å². The van der Waals surface area contributed by atoms with E-state index in [9.17, 15) is 4.79 Å². The number of benzene rings is 3. The van der Waals surface area contributed by atoms with Crippen molar-refractivity contribution in [2.75, 3.05) is 5.32 Å². The Bertz CT molecular complexity index is 987. The summed E-state index contributed by atoms with van der Waals surface area (Å²) in [4.78, 5) is 17.5. The van der Waals surface area contributed by atoms with E-state index in [0.29, 0.717) is 17.3 Å². The normalized spacial score (nSPS) is 16.1. The highest BCUT2D eigenvalue weighted by atomic mass is 35.5. The molecule has 5 heteroatoms. The lowest BCUT2D eigenvalue weighted by molar-refractivity contribution is -0.118. The topological polar surface area (TPSA) is 53.5 Å². The number of carbonyl (C=O) groups is 1. The van der Waals surface area contributed by atoms with Crippen molar-refractivity contribution in [3.8, 4) is 0 Å². The third-order valence-corrected chi connectivity index (χ3v) is 4.63. The molecule has 1 amide bonds. The third-order valence-electron chi connectivity index (χ3n) is 4.39. The van der Waals surface area contributed by atoms with Crippen molar-refractivity contribution in [3.63, 3.8) is 0 Å². The fourth-order valence-corrected chi connectivity index (χ4v) is 3.23. The van der Waals surface area contributed by atoms with Crippen LogP contribution in [0.3, 0.4) is 0 Å². The number of carbonyl (C=O) groups excluding carboxylic acids is 1. The molecule has 27 heavy (non-hydrogen) atoms. The Kier molecular flexibility index (Phi) is 5.01. The number of rotatable bonds is 4. The molecular weight excluding hydrogens is 358 g/mol. The van der Waals surface area contributed by atoms with E-state index in [2.05, 4.69) is 10.6 Å². The molecule has 0 aliphatic carbocycles. The van der Waals surface area contributed by atoms with E-state index in [0.717, 1.165) is 22.4 Å². The minimum atomic E-state index is -0.702. The number of nitrogens with zero attached hydrogens (tertiary/aromatic N) is 1. The number of amides is 1. The summed E-state index contributed by atoms with van der Waals surface area (Å²) in [7, 11) is 0. The van der Waals surface area contributed by atoms with E-state index < -0.39 is 6.17 Å². The summed E-state index contributed by atoms with van der Waals surface area (Å²) in [6.07, 6.45) is -0.702. The van der Waals surface area contributed by atoms with Gasteiger partial charge in [0.1, 0.15) is 0 Å². The molecule has 0 saturated heterocycles. The van der Waals surface area contributed by atoms with Crippen molar-refractivity contribution in [1.29, 1.82) is 0 Å². The molecule has 1 aliphatic heterocycles. The Labute approximate surface area is 162 Å². The zero-order valence-electron chi connectivity index (χ0n) is 14.5. The number of benzodiazepines with no additional fused rings is 1. The standard InChI is InChI=1S/C22H18ClN3O/c23-17-11-12-19-18(13-17)20(16-9-5-2-6-10-16)26-21(22(27)25-19)24-14-15-7-3-1-4-8-15/h1-13,21,24H,14H2,(H,25,27). The van der Waals surface area contributed by atoms with Gasteiger partial charge in [-0.1, -0.05) is 72.3 Å². The Morgan fingerprint density at radius 1 is 0.963 bits per heavy atom. The highest BCUT2D eigenvalue weighted by Gasteiger charge is 2.25. The molecule has 1 atom stereocenters. The highest BCUT2D eigenvalue weighted by molar-refractivity contribution is 6.32. The van der Waals surface area contributed by atoms with Gasteiger partial charge in [-0.05, 0) is 23.8 Å². The van der Waals surface area contributed by atoms with Crippen LogP contribution < -0.4 is 10.6 Å². The Morgan fingerprint density at radius 2 is 1.67 bits per heavy atom. The summed E-state index contributed by atoms with van der Waals surface area (Å²) in [6, 6.07) is 25.2. The largest absolute Gasteiger partial charge is 0.322 e. The fourth-order valence-electron chi connectivity index (χ4n) is 3.05. The van der Waals surface area contributed by atoms with Crippen LogP contribution in [-0.2, 0) is 11.3 Å². The van der Waals surface area contributed by atoms with Crippen LogP contribution in [-0.4, -0.2) is 17.8 Å². The summed E-state index contributed by atoms with van der Waals surface area (Å²) in [5.74, 6) is -0.194. The van der Waals surface area contributed by atoms with Gasteiger partial charge in [-0.3, -0.25) is 15.1 Å². The molecule has 3 aromatic carbocycles. The predicted octanol–water partition coefficient (Wildman–Crippen LogP) is 4.25. The van der Waals surface area contributed by atoms with Crippen molar-refractivity contribution >= 4 is 28.9 Å². The summed E-state index contributed by atoms with van der Waals surface area (Å²) in [5, 5.41) is 6.80. The van der Waals surface area contributed by atoms with Crippen LogP contribution in [0.1, 0.15) is 16.7 Å². The van der Waals surface area contributed by atoms with Crippen molar-refractivity contribution in [2.24, 2.45) is 4.99 Å². The number of aliphatic imine (C=N–C) groups is 1. The van der Waals surface area contributed by atoms with Gasteiger partial charge in [0.15, 0.2) is 6.17 Å². The Hall–Kier alpha value is -2.95. The lowest BCUT2D eigenvalue weighted by Gasteiger charge is -2.13. The maximum absolute atomic E-state index is 12.7. The zero-order chi connectivity index (χ0) is 18.6. The van der Waals surface area contributed by atoms with Crippen LogP contribution in [0.5, 0.6) is 0 Å². The first-order valence-corrected chi connectivity index (χ1v) is 9.10. The number of hydrogen-bond donors (Lipinski definition) is 2. The monoisotopic (exact) mass is 375 g/mol. The van der Waals surface area contributed by atoms with Gasteiger partial charge >= 0.3 is 0 Å². The second-order valence-corrected chi connectivity index (χ2v) is 6.73. The summed E-state index contributed by atoms with van der Waals surface area (Å²) < 4.78 is 0.